The highest BCUT2D eigenvalue weighted by Crippen LogP contribution is 2.32. The van der Waals surface area contributed by atoms with Gasteiger partial charge in [-0.2, -0.15) is 13.2 Å². The number of halogens is 3. The van der Waals surface area contributed by atoms with Gasteiger partial charge < -0.3 is 14.6 Å². The lowest BCUT2D eigenvalue weighted by Gasteiger charge is -2.22. The molecule has 7 heteroatoms. The molecule has 118 valence electrons. The summed E-state index contributed by atoms with van der Waals surface area (Å²) in [6.45, 7) is -0.0997. The normalized spacial score (nSPS) is 16.7. The largest absolute Gasteiger partial charge is 0.490 e. The van der Waals surface area contributed by atoms with Gasteiger partial charge in [0.1, 0.15) is 0 Å². The molecule has 0 amide bonds. The van der Waals surface area contributed by atoms with Crippen molar-refractivity contribution < 1.29 is 27.8 Å². The maximum atomic E-state index is 12.3. The number of hydrogen-bond acceptors (Lipinski definition) is 4. The van der Waals surface area contributed by atoms with E-state index in [0.717, 1.165) is 11.3 Å². The molecule has 0 radical (unpaired) electrons. The van der Waals surface area contributed by atoms with E-state index in [9.17, 15) is 18.3 Å². The van der Waals surface area contributed by atoms with E-state index in [1.165, 1.54) is 7.05 Å². The van der Waals surface area contributed by atoms with Gasteiger partial charge in [0, 0.05) is 13.0 Å². The Hall–Kier alpha value is -1.47. The smallest absolute Gasteiger partial charge is 0.401 e. The minimum atomic E-state index is -4.28. The van der Waals surface area contributed by atoms with Gasteiger partial charge in [0.25, 0.3) is 0 Å². The molecule has 0 saturated heterocycles. The summed E-state index contributed by atoms with van der Waals surface area (Å²) in [4.78, 5) is 1.04. The summed E-state index contributed by atoms with van der Waals surface area (Å²) in [6.07, 6.45) is -4.53. The molecular formula is C14H18F3NO3. The molecule has 0 fully saturated rings. The lowest BCUT2D eigenvalue weighted by Crippen LogP contribution is -2.34. The maximum Gasteiger partial charge on any atom is 0.401 e. The fourth-order valence-electron chi connectivity index (χ4n) is 2.16. The van der Waals surface area contributed by atoms with E-state index in [0.29, 0.717) is 30.3 Å². The monoisotopic (exact) mass is 305 g/mol. The van der Waals surface area contributed by atoms with Crippen molar-refractivity contribution in [2.24, 2.45) is 0 Å². The van der Waals surface area contributed by atoms with Crippen LogP contribution in [-0.2, 0) is 0 Å². The first-order chi connectivity index (χ1) is 9.85. The number of aliphatic hydroxyl groups excluding tert-OH is 1. The topological polar surface area (TPSA) is 41.9 Å². The second-order valence-electron chi connectivity index (χ2n) is 5.08. The third-order valence-corrected chi connectivity index (χ3v) is 3.09. The van der Waals surface area contributed by atoms with Crippen LogP contribution >= 0.6 is 0 Å². The van der Waals surface area contributed by atoms with Crippen LogP contribution in [0.3, 0.4) is 0 Å². The van der Waals surface area contributed by atoms with Crippen molar-refractivity contribution in [3.8, 4) is 11.5 Å². The lowest BCUT2D eigenvalue weighted by atomic mass is 10.1. The Morgan fingerprint density at radius 2 is 1.90 bits per heavy atom. The zero-order valence-electron chi connectivity index (χ0n) is 11.7. The van der Waals surface area contributed by atoms with Crippen LogP contribution in [-0.4, -0.2) is 49.5 Å². The number of rotatable bonds is 4. The van der Waals surface area contributed by atoms with E-state index in [-0.39, 0.29) is 6.54 Å². The highest BCUT2D eigenvalue weighted by atomic mass is 19.4. The molecule has 0 bridgehead atoms. The van der Waals surface area contributed by atoms with Crippen LogP contribution in [0, 0.1) is 0 Å². The average Bonchev–Trinajstić information content (AvgIpc) is 2.60. The second-order valence-corrected chi connectivity index (χ2v) is 5.08. The Balaban J connectivity index is 2.02. The molecule has 1 aliphatic heterocycles. The zero-order chi connectivity index (χ0) is 15.5. The summed E-state index contributed by atoms with van der Waals surface area (Å²) in [6, 6.07) is 4.93. The van der Waals surface area contributed by atoms with E-state index >= 15 is 0 Å². The van der Waals surface area contributed by atoms with Gasteiger partial charge in [-0.1, -0.05) is 6.07 Å². The molecule has 21 heavy (non-hydrogen) atoms. The van der Waals surface area contributed by atoms with E-state index in [4.69, 9.17) is 9.47 Å². The lowest BCUT2D eigenvalue weighted by molar-refractivity contribution is -0.145. The Kier molecular flexibility index (Phi) is 4.95. The molecule has 0 aliphatic carbocycles. The van der Waals surface area contributed by atoms with Crippen LogP contribution < -0.4 is 9.47 Å². The van der Waals surface area contributed by atoms with Crippen LogP contribution in [0.5, 0.6) is 11.5 Å². The van der Waals surface area contributed by atoms with Crippen LogP contribution in [0.2, 0.25) is 0 Å². The zero-order valence-corrected chi connectivity index (χ0v) is 11.7. The molecule has 1 aliphatic rings. The molecule has 0 spiro atoms. The van der Waals surface area contributed by atoms with Gasteiger partial charge in [-0.25, -0.2) is 0 Å². The number of ether oxygens (including phenoxy) is 2. The first kappa shape index (κ1) is 15.9. The maximum absolute atomic E-state index is 12.3. The Morgan fingerprint density at radius 1 is 1.24 bits per heavy atom. The van der Waals surface area contributed by atoms with Crippen molar-refractivity contribution in [2.75, 3.05) is 33.4 Å². The van der Waals surface area contributed by atoms with Gasteiger partial charge in [-0.05, 0) is 24.7 Å². The highest BCUT2D eigenvalue weighted by molar-refractivity contribution is 5.44. The number of benzene rings is 1. The van der Waals surface area contributed by atoms with Crippen molar-refractivity contribution in [3.05, 3.63) is 23.8 Å². The molecule has 0 aromatic heterocycles. The van der Waals surface area contributed by atoms with Crippen LogP contribution in [0.4, 0.5) is 13.2 Å². The van der Waals surface area contributed by atoms with Gasteiger partial charge in [-0.3, -0.25) is 4.90 Å². The summed E-state index contributed by atoms with van der Waals surface area (Å²) >= 11 is 0. The summed E-state index contributed by atoms with van der Waals surface area (Å²) in [7, 11) is 1.32. The van der Waals surface area contributed by atoms with Crippen molar-refractivity contribution in [1.29, 1.82) is 0 Å². The standard InChI is InChI=1S/C14H18F3NO3/c1-18(9-14(15,16)17)8-11(19)10-3-4-12-13(7-10)21-6-2-5-20-12/h3-4,7,11,19H,2,5-6,8-9H2,1H3. The quantitative estimate of drug-likeness (QED) is 0.927. The van der Waals surface area contributed by atoms with Crippen LogP contribution in [0.25, 0.3) is 0 Å². The number of fused-ring (bicyclic) bond motifs is 1. The predicted octanol–water partition coefficient (Wildman–Crippen LogP) is 2.38. The fourth-order valence-corrected chi connectivity index (χ4v) is 2.16. The molecule has 2 rings (SSSR count). The third-order valence-electron chi connectivity index (χ3n) is 3.09. The highest BCUT2D eigenvalue weighted by Gasteiger charge is 2.30. The second kappa shape index (κ2) is 6.53. The van der Waals surface area contributed by atoms with E-state index < -0.39 is 18.8 Å². The van der Waals surface area contributed by atoms with Crippen molar-refractivity contribution in [1.82, 2.24) is 4.90 Å². The number of nitrogens with zero attached hydrogens (tertiary/aromatic N) is 1. The minimum absolute atomic E-state index is 0.112. The van der Waals surface area contributed by atoms with E-state index in [1.807, 2.05) is 0 Å². The molecule has 1 N–H and O–H groups in total. The number of hydrogen-bond donors (Lipinski definition) is 1. The first-order valence-corrected chi connectivity index (χ1v) is 6.68. The van der Waals surface area contributed by atoms with E-state index in [1.54, 1.807) is 18.2 Å². The molecule has 0 saturated carbocycles. The molecule has 1 aromatic rings. The van der Waals surface area contributed by atoms with Crippen LogP contribution in [0.15, 0.2) is 18.2 Å². The molecule has 1 atom stereocenters. The van der Waals surface area contributed by atoms with Gasteiger partial charge >= 0.3 is 6.18 Å². The van der Waals surface area contributed by atoms with Crippen molar-refractivity contribution in [2.45, 2.75) is 18.7 Å². The van der Waals surface area contributed by atoms with Crippen LogP contribution in [0.1, 0.15) is 18.1 Å². The van der Waals surface area contributed by atoms with E-state index in [2.05, 4.69) is 0 Å². The van der Waals surface area contributed by atoms with Gasteiger partial charge in [-0.15, -0.1) is 0 Å². The number of likely N-dealkylation sites (N-methyl/N-ethyl adjacent to an activating group) is 1. The number of aliphatic hydroxyl groups is 1. The number of alkyl halides is 3. The van der Waals surface area contributed by atoms with Gasteiger partial charge in [0.05, 0.1) is 25.9 Å². The minimum Gasteiger partial charge on any atom is -0.490 e. The summed E-state index contributed by atoms with van der Waals surface area (Å²) in [5.41, 5.74) is 0.508. The molecule has 4 nitrogen and oxygen atoms in total. The Bertz CT molecular complexity index is 479. The molecule has 1 heterocycles. The van der Waals surface area contributed by atoms with Crippen molar-refractivity contribution >= 4 is 0 Å². The predicted molar refractivity (Wildman–Crippen MR) is 70.6 cm³/mol. The summed E-state index contributed by atoms with van der Waals surface area (Å²) in [5, 5.41) is 10.1. The summed E-state index contributed by atoms with van der Waals surface area (Å²) in [5.74, 6) is 1.11. The SMILES string of the molecule is CN(CC(O)c1ccc2c(c1)OCCCO2)CC(F)(F)F. The van der Waals surface area contributed by atoms with Gasteiger partial charge in [0.15, 0.2) is 11.5 Å². The third kappa shape index (κ3) is 4.78. The molecule has 1 unspecified atom stereocenters. The Labute approximate surface area is 121 Å². The first-order valence-electron chi connectivity index (χ1n) is 6.68. The van der Waals surface area contributed by atoms with Crippen molar-refractivity contribution in [3.63, 3.8) is 0 Å². The Morgan fingerprint density at radius 3 is 2.57 bits per heavy atom. The average molecular weight is 305 g/mol. The fraction of sp³-hybridized carbons (Fsp3) is 0.571. The van der Waals surface area contributed by atoms with Gasteiger partial charge in [0.2, 0.25) is 0 Å². The molecule has 1 aromatic carbocycles. The summed E-state index contributed by atoms with van der Waals surface area (Å²) < 4.78 is 47.8. The molecular weight excluding hydrogens is 287 g/mol.